The lowest BCUT2D eigenvalue weighted by Crippen LogP contribution is -2.19. The van der Waals surface area contributed by atoms with Gasteiger partial charge in [0.05, 0.1) is 0 Å². The molecule has 5 heteroatoms. The molecule has 1 aromatic rings. The van der Waals surface area contributed by atoms with E-state index in [1.165, 1.54) is 12.3 Å². The van der Waals surface area contributed by atoms with Crippen LogP contribution in [0.1, 0.15) is 11.3 Å². The summed E-state index contributed by atoms with van der Waals surface area (Å²) in [7, 11) is 0. The Balaban J connectivity index is 2.73. The number of aromatic nitrogens is 1. The highest BCUT2D eigenvalue weighted by Gasteiger charge is 2.28. The van der Waals surface area contributed by atoms with Crippen LogP contribution in [0.2, 0.25) is 0 Å². The van der Waals surface area contributed by atoms with Crippen LogP contribution in [-0.2, 0) is 0 Å². The van der Waals surface area contributed by atoms with Crippen molar-refractivity contribution in [3.63, 3.8) is 0 Å². The molecule has 0 saturated carbocycles. The molecule has 0 bridgehead atoms. The third kappa shape index (κ3) is 2.90. The van der Waals surface area contributed by atoms with Crippen LogP contribution in [0.15, 0.2) is 12.3 Å². The lowest BCUT2D eigenvalue weighted by Gasteiger charge is -2.11. The van der Waals surface area contributed by atoms with Gasteiger partial charge >= 0.3 is 6.18 Å². The summed E-state index contributed by atoms with van der Waals surface area (Å²) in [4.78, 5) is 3.92. The molecule has 0 aliphatic rings. The van der Waals surface area contributed by atoms with Gasteiger partial charge in [0, 0.05) is 17.5 Å². The fourth-order valence-electron chi connectivity index (χ4n) is 0.933. The molecule has 0 amide bonds. The fraction of sp³-hybridized carbons (Fsp3) is 0.444. The maximum atomic E-state index is 11.8. The van der Waals surface area contributed by atoms with Crippen LogP contribution in [0.3, 0.4) is 0 Å². The van der Waals surface area contributed by atoms with E-state index in [0.717, 1.165) is 0 Å². The van der Waals surface area contributed by atoms with Crippen molar-refractivity contribution in [3.05, 3.63) is 23.5 Å². The summed E-state index contributed by atoms with van der Waals surface area (Å²) in [5, 5.41) is 0. The quantitative estimate of drug-likeness (QED) is 0.740. The van der Waals surface area contributed by atoms with Gasteiger partial charge in [0.2, 0.25) is 0 Å². The number of halogens is 3. The molecule has 78 valence electrons. The average molecular weight is 205 g/mol. The second-order valence-electron chi connectivity index (χ2n) is 2.92. The molecule has 0 aromatic carbocycles. The summed E-state index contributed by atoms with van der Waals surface area (Å²) in [5.74, 6) is 0.231. The molecule has 0 atom stereocenters. The van der Waals surface area contributed by atoms with Crippen LogP contribution in [0.4, 0.5) is 13.2 Å². The first-order chi connectivity index (χ1) is 6.40. The van der Waals surface area contributed by atoms with Gasteiger partial charge in [-0.15, -0.1) is 0 Å². The molecule has 0 saturated heterocycles. The van der Waals surface area contributed by atoms with E-state index in [0.29, 0.717) is 11.3 Å². The molecule has 0 radical (unpaired) electrons. The Morgan fingerprint density at radius 1 is 1.36 bits per heavy atom. The highest BCUT2D eigenvalue weighted by atomic mass is 19.4. The maximum Gasteiger partial charge on any atom is 0.422 e. The van der Waals surface area contributed by atoms with E-state index in [1.807, 2.05) is 0 Å². The Morgan fingerprint density at radius 2 is 2.00 bits per heavy atom. The van der Waals surface area contributed by atoms with E-state index in [1.54, 1.807) is 13.8 Å². The van der Waals surface area contributed by atoms with Gasteiger partial charge in [-0.25, -0.2) is 0 Å². The first kappa shape index (κ1) is 10.8. The second-order valence-corrected chi connectivity index (χ2v) is 2.92. The van der Waals surface area contributed by atoms with Crippen molar-refractivity contribution >= 4 is 0 Å². The molecular weight excluding hydrogens is 195 g/mol. The number of nitrogens with zero attached hydrogens (tertiary/aromatic N) is 1. The predicted octanol–water partition coefficient (Wildman–Crippen LogP) is 2.64. The number of ether oxygens (including phenoxy) is 1. The number of rotatable bonds is 2. The second kappa shape index (κ2) is 3.86. The monoisotopic (exact) mass is 205 g/mol. The smallest absolute Gasteiger partial charge is 0.422 e. The first-order valence-corrected chi connectivity index (χ1v) is 4.02. The van der Waals surface area contributed by atoms with Gasteiger partial charge in [0.25, 0.3) is 0 Å². The first-order valence-electron chi connectivity index (χ1n) is 4.02. The molecular formula is C9H10F3NO. The van der Waals surface area contributed by atoms with Gasteiger partial charge < -0.3 is 4.74 Å². The molecule has 2 nitrogen and oxygen atoms in total. The van der Waals surface area contributed by atoms with Gasteiger partial charge in [-0.1, -0.05) is 0 Å². The third-order valence-electron chi connectivity index (χ3n) is 1.80. The van der Waals surface area contributed by atoms with Crippen molar-refractivity contribution in [3.8, 4) is 5.75 Å². The van der Waals surface area contributed by atoms with E-state index < -0.39 is 12.8 Å². The molecule has 14 heavy (non-hydrogen) atoms. The molecule has 0 N–H and O–H groups in total. The zero-order chi connectivity index (χ0) is 10.8. The largest absolute Gasteiger partial charge is 0.484 e. The summed E-state index contributed by atoms with van der Waals surface area (Å²) in [6.07, 6.45) is -2.88. The standard InChI is InChI=1S/C9H10F3NO/c1-6-7(2)13-4-3-8(6)14-5-9(10,11)12/h3-4H,5H2,1-2H3. The molecule has 0 spiro atoms. The normalized spacial score (nSPS) is 11.5. The maximum absolute atomic E-state index is 11.8. The fourth-order valence-corrected chi connectivity index (χ4v) is 0.933. The Bertz CT molecular complexity index is 322. The summed E-state index contributed by atoms with van der Waals surface area (Å²) in [5.41, 5.74) is 1.31. The number of alkyl halides is 3. The average Bonchev–Trinajstić information content (AvgIpc) is 2.06. The van der Waals surface area contributed by atoms with Crippen LogP contribution in [-0.4, -0.2) is 17.8 Å². The van der Waals surface area contributed by atoms with Crippen molar-refractivity contribution in [2.24, 2.45) is 0 Å². The van der Waals surface area contributed by atoms with Crippen LogP contribution in [0.5, 0.6) is 5.75 Å². The highest BCUT2D eigenvalue weighted by Crippen LogP contribution is 2.22. The molecule has 0 fully saturated rings. The van der Waals surface area contributed by atoms with Crippen LogP contribution < -0.4 is 4.74 Å². The SMILES string of the molecule is Cc1nccc(OCC(F)(F)F)c1C. The van der Waals surface area contributed by atoms with E-state index in [9.17, 15) is 13.2 Å². The minimum absolute atomic E-state index is 0.231. The van der Waals surface area contributed by atoms with Crippen molar-refractivity contribution < 1.29 is 17.9 Å². The number of hydrogen-bond donors (Lipinski definition) is 0. The van der Waals surface area contributed by atoms with Crippen molar-refractivity contribution in [1.82, 2.24) is 4.98 Å². The van der Waals surface area contributed by atoms with Crippen LogP contribution in [0, 0.1) is 13.8 Å². The molecule has 0 unspecified atom stereocenters. The number of hydrogen-bond acceptors (Lipinski definition) is 2. The van der Waals surface area contributed by atoms with Crippen molar-refractivity contribution in [2.75, 3.05) is 6.61 Å². The Kier molecular flexibility index (Phi) is 2.98. The van der Waals surface area contributed by atoms with Gasteiger partial charge in [0.15, 0.2) is 6.61 Å². The van der Waals surface area contributed by atoms with E-state index >= 15 is 0 Å². The lowest BCUT2D eigenvalue weighted by atomic mass is 10.2. The zero-order valence-corrected chi connectivity index (χ0v) is 7.85. The Labute approximate surface area is 79.7 Å². The van der Waals surface area contributed by atoms with Gasteiger partial charge in [-0.3, -0.25) is 4.98 Å². The minimum atomic E-state index is -4.30. The van der Waals surface area contributed by atoms with Gasteiger partial charge in [-0.2, -0.15) is 13.2 Å². The lowest BCUT2D eigenvalue weighted by molar-refractivity contribution is -0.153. The topological polar surface area (TPSA) is 22.1 Å². The number of aryl methyl sites for hydroxylation is 1. The minimum Gasteiger partial charge on any atom is -0.484 e. The third-order valence-corrected chi connectivity index (χ3v) is 1.80. The van der Waals surface area contributed by atoms with Crippen molar-refractivity contribution in [2.45, 2.75) is 20.0 Å². The highest BCUT2D eigenvalue weighted by molar-refractivity contribution is 5.33. The molecule has 0 aliphatic carbocycles. The molecule has 1 rings (SSSR count). The van der Waals surface area contributed by atoms with Gasteiger partial charge in [0.1, 0.15) is 5.75 Å². The summed E-state index contributed by atoms with van der Waals surface area (Å²) in [6.45, 7) is 2.13. The molecule has 0 aliphatic heterocycles. The number of pyridine rings is 1. The predicted molar refractivity (Wildman–Crippen MR) is 45.3 cm³/mol. The molecule has 1 aromatic heterocycles. The summed E-state index contributed by atoms with van der Waals surface area (Å²) >= 11 is 0. The van der Waals surface area contributed by atoms with Gasteiger partial charge in [-0.05, 0) is 19.9 Å². The van der Waals surface area contributed by atoms with Crippen molar-refractivity contribution in [1.29, 1.82) is 0 Å². The Morgan fingerprint density at radius 3 is 2.57 bits per heavy atom. The van der Waals surface area contributed by atoms with E-state index in [2.05, 4.69) is 9.72 Å². The summed E-state index contributed by atoms with van der Waals surface area (Å²) < 4.78 is 40.1. The van der Waals surface area contributed by atoms with E-state index in [4.69, 9.17) is 0 Å². The van der Waals surface area contributed by atoms with E-state index in [-0.39, 0.29) is 5.75 Å². The summed E-state index contributed by atoms with van der Waals surface area (Å²) in [6, 6.07) is 1.42. The van der Waals surface area contributed by atoms with Crippen LogP contribution in [0.25, 0.3) is 0 Å². The molecule has 1 heterocycles. The Hall–Kier alpha value is -1.26. The van der Waals surface area contributed by atoms with Crippen LogP contribution >= 0.6 is 0 Å². The zero-order valence-electron chi connectivity index (χ0n) is 7.85.